The number of benzene rings is 1. The second-order valence-corrected chi connectivity index (χ2v) is 4.96. The molecule has 2 rings (SSSR count). The number of anilines is 1. The summed E-state index contributed by atoms with van der Waals surface area (Å²) in [5.74, 6) is -0.507. The van der Waals surface area contributed by atoms with E-state index in [0.29, 0.717) is 17.8 Å². The van der Waals surface area contributed by atoms with E-state index in [9.17, 15) is 14.9 Å². The minimum atomic E-state index is -0.507. The summed E-state index contributed by atoms with van der Waals surface area (Å²) in [5.41, 5.74) is 0.609. The number of carbonyl (C=O) groups excluding carboxylic acids is 1. The van der Waals surface area contributed by atoms with Gasteiger partial charge in [0.25, 0.3) is 5.69 Å². The molecule has 0 unspecified atom stereocenters. The molecule has 0 aliphatic carbocycles. The third kappa shape index (κ3) is 3.91. The van der Waals surface area contributed by atoms with Crippen molar-refractivity contribution in [2.45, 2.75) is 12.8 Å². The summed E-state index contributed by atoms with van der Waals surface area (Å²) in [7, 11) is 1.28. The van der Waals surface area contributed by atoms with Gasteiger partial charge >= 0.3 is 5.97 Å². The summed E-state index contributed by atoms with van der Waals surface area (Å²) in [6, 6.07) is 4.19. The van der Waals surface area contributed by atoms with Crippen molar-refractivity contribution in [1.29, 1.82) is 0 Å². The number of ether oxygens (including phenoxy) is 1. The van der Waals surface area contributed by atoms with Gasteiger partial charge in [-0.25, -0.2) is 4.79 Å². The number of nitro groups is 1. The first-order valence-electron chi connectivity index (χ1n) is 6.95. The molecule has 1 fully saturated rings. The Bertz CT molecular complexity index is 527. The monoisotopic (exact) mass is 293 g/mol. The molecule has 0 radical (unpaired) electrons. The van der Waals surface area contributed by atoms with Gasteiger partial charge in [0.1, 0.15) is 5.69 Å². The van der Waals surface area contributed by atoms with E-state index in [1.54, 1.807) is 0 Å². The van der Waals surface area contributed by atoms with Crippen LogP contribution in [0.4, 0.5) is 11.4 Å². The maximum absolute atomic E-state index is 11.5. The zero-order chi connectivity index (χ0) is 15.2. The molecule has 0 amide bonds. The number of nitro benzene ring substituents is 1. The standard InChI is InChI=1S/C14H19N3O4/c1-21-14(18)11-4-5-13(17(19)20)12(10-11)15-6-9-16-7-2-3-8-16/h4-5,10,15H,2-3,6-9H2,1H3. The number of rotatable bonds is 6. The van der Waals surface area contributed by atoms with E-state index >= 15 is 0 Å². The van der Waals surface area contributed by atoms with Gasteiger partial charge in [-0.1, -0.05) is 0 Å². The number of methoxy groups -OCH3 is 1. The molecule has 0 saturated carbocycles. The molecule has 21 heavy (non-hydrogen) atoms. The number of esters is 1. The summed E-state index contributed by atoms with van der Waals surface area (Å²) in [5, 5.41) is 14.1. The largest absolute Gasteiger partial charge is 0.465 e. The zero-order valence-electron chi connectivity index (χ0n) is 12.0. The Morgan fingerprint density at radius 3 is 2.76 bits per heavy atom. The topological polar surface area (TPSA) is 84.7 Å². The van der Waals surface area contributed by atoms with Gasteiger partial charge in [-0.05, 0) is 38.1 Å². The molecule has 1 saturated heterocycles. The fourth-order valence-electron chi connectivity index (χ4n) is 2.44. The van der Waals surface area contributed by atoms with E-state index in [1.165, 1.54) is 38.2 Å². The van der Waals surface area contributed by atoms with E-state index in [2.05, 4.69) is 15.0 Å². The van der Waals surface area contributed by atoms with Crippen LogP contribution in [-0.2, 0) is 4.74 Å². The number of hydrogen-bond donors (Lipinski definition) is 1. The Morgan fingerprint density at radius 1 is 1.43 bits per heavy atom. The predicted molar refractivity (Wildman–Crippen MR) is 78.6 cm³/mol. The van der Waals surface area contributed by atoms with E-state index in [-0.39, 0.29) is 5.69 Å². The van der Waals surface area contributed by atoms with Gasteiger partial charge in [0.05, 0.1) is 17.6 Å². The Labute approximate surface area is 123 Å². The van der Waals surface area contributed by atoms with Crippen LogP contribution >= 0.6 is 0 Å². The molecule has 1 heterocycles. The molecular weight excluding hydrogens is 274 g/mol. The van der Waals surface area contributed by atoms with Gasteiger partial charge in [0.2, 0.25) is 0 Å². The normalized spacial score (nSPS) is 14.9. The van der Waals surface area contributed by atoms with Gasteiger partial charge in [-0.3, -0.25) is 10.1 Å². The summed E-state index contributed by atoms with van der Waals surface area (Å²) in [4.78, 5) is 24.4. The average Bonchev–Trinajstić information content (AvgIpc) is 2.99. The van der Waals surface area contributed by atoms with E-state index in [4.69, 9.17) is 0 Å². The number of nitrogens with zero attached hydrogens (tertiary/aromatic N) is 2. The number of carbonyl (C=O) groups is 1. The molecule has 1 aromatic rings. The predicted octanol–water partition coefficient (Wildman–Crippen LogP) is 1.89. The second-order valence-electron chi connectivity index (χ2n) is 4.96. The minimum absolute atomic E-state index is 0.0379. The minimum Gasteiger partial charge on any atom is -0.465 e. The van der Waals surface area contributed by atoms with Crippen molar-refractivity contribution in [3.05, 3.63) is 33.9 Å². The highest BCUT2D eigenvalue weighted by Crippen LogP contribution is 2.25. The highest BCUT2D eigenvalue weighted by atomic mass is 16.6. The third-order valence-electron chi connectivity index (χ3n) is 3.56. The van der Waals surface area contributed by atoms with Crippen LogP contribution in [0.5, 0.6) is 0 Å². The fraction of sp³-hybridized carbons (Fsp3) is 0.500. The summed E-state index contributed by atoms with van der Waals surface area (Å²) in [6.07, 6.45) is 2.41. The first-order valence-corrected chi connectivity index (χ1v) is 6.95. The van der Waals surface area contributed by atoms with Crippen LogP contribution in [0, 0.1) is 10.1 Å². The van der Waals surface area contributed by atoms with Crippen LogP contribution in [0.25, 0.3) is 0 Å². The quantitative estimate of drug-likeness (QED) is 0.490. The summed E-state index contributed by atoms with van der Waals surface area (Å²) >= 11 is 0. The maximum atomic E-state index is 11.5. The van der Waals surface area contributed by atoms with Crippen molar-refractivity contribution in [2.75, 3.05) is 38.6 Å². The van der Waals surface area contributed by atoms with E-state index in [1.807, 2.05) is 0 Å². The zero-order valence-corrected chi connectivity index (χ0v) is 12.0. The SMILES string of the molecule is COC(=O)c1ccc([N+](=O)[O-])c(NCCN2CCCC2)c1. The molecule has 7 nitrogen and oxygen atoms in total. The van der Waals surface area contributed by atoms with E-state index in [0.717, 1.165) is 19.6 Å². The lowest BCUT2D eigenvalue weighted by Gasteiger charge is -2.15. The first-order chi connectivity index (χ1) is 10.1. The Balaban J connectivity index is 2.06. The van der Waals surface area contributed by atoms with Gasteiger partial charge in [-0.15, -0.1) is 0 Å². The summed E-state index contributed by atoms with van der Waals surface area (Å²) in [6.45, 7) is 3.59. The van der Waals surface area contributed by atoms with Crippen molar-refractivity contribution in [3.63, 3.8) is 0 Å². The lowest BCUT2D eigenvalue weighted by Crippen LogP contribution is -2.26. The smallest absolute Gasteiger partial charge is 0.337 e. The van der Waals surface area contributed by atoms with Crippen molar-refractivity contribution in [3.8, 4) is 0 Å². The van der Waals surface area contributed by atoms with Crippen LogP contribution in [0.3, 0.4) is 0 Å². The molecule has 0 atom stereocenters. The Hall–Kier alpha value is -2.15. The number of hydrogen-bond acceptors (Lipinski definition) is 6. The third-order valence-corrected chi connectivity index (χ3v) is 3.56. The Morgan fingerprint density at radius 2 is 2.14 bits per heavy atom. The molecule has 1 N–H and O–H groups in total. The molecule has 1 aliphatic rings. The van der Waals surface area contributed by atoms with Crippen molar-refractivity contribution < 1.29 is 14.5 Å². The van der Waals surface area contributed by atoms with Crippen LogP contribution < -0.4 is 5.32 Å². The molecule has 1 aromatic carbocycles. The lowest BCUT2D eigenvalue weighted by atomic mass is 10.1. The Kier molecular flexibility index (Phi) is 5.10. The van der Waals surface area contributed by atoms with Crippen LogP contribution in [0.1, 0.15) is 23.2 Å². The molecular formula is C14H19N3O4. The second kappa shape index (κ2) is 7.03. The van der Waals surface area contributed by atoms with Crippen LogP contribution in [-0.4, -0.2) is 49.1 Å². The van der Waals surface area contributed by atoms with E-state index < -0.39 is 10.9 Å². The fourth-order valence-corrected chi connectivity index (χ4v) is 2.44. The number of likely N-dealkylation sites (tertiary alicyclic amines) is 1. The molecule has 1 aliphatic heterocycles. The van der Waals surface area contributed by atoms with Crippen molar-refractivity contribution >= 4 is 17.3 Å². The van der Waals surface area contributed by atoms with Gasteiger partial charge in [0.15, 0.2) is 0 Å². The molecule has 114 valence electrons. The highest BCUT2D eigenvalue weighted by molar-refractivity contribution is 5.91. The molecule has 7 heteroatoms. The lowest BCUT2D eigenvalue weighted by molar-refractivity contribution is -0.384. The van der Waals surface area contributed by atoms with Gasteiger partial charge in [-0.2, -0.15) is 0 Å². The average molecular weight is 293 g/mol. The first kappa shape index (κ1) is 15.2. The molecule has 0 spiro atoms. The maximum Gasteiger partial charge on any atom is 0.337 e. The van der Waals surface area contributed by atoms with Crippen LogP contribution in [0.15, 0.2) is 18.2 Å². The van der Waals surface area contributed by atoms with Crippen LogP contribution in [0.2, 0.25) is 0 Å². The van der Waals surface area contributed by atoms with Crippen molar-refractivity contribution in [2.24, 2.45) is 0 Å². The number of nitrogens with one attached hydrogen (secondary N) is 1. The van der Waals surface area contributed by atoms with Crippen molar-refractivity contribution in [1.82, 2.24) is 4.90 Å². The van der Waals surface area contributed by atoms with Gasteiger partial charge < -0.3 is 15.0 Å². The highest BCUT2D eigenvalue weighted by Gasteiger charge is 2.17. The van der Waals surface area contributed by atoms with Gasteiger partial charge in [0, 0.05) is 19.2 Å². The molecule has 0 bridgehead atoms. The summed E-state index contributed by atoms with van der Waals surface area (Å²) < 4.78 is 4.63. The molecule has 0 aromatic heterocycles.